The van der Waals surface area contributed by atoms with Crippen LogP contribution < -0.4 is 5.19 Å². The van der Waals surface area contributed by atoms with E-state index in [0.29, 0.717) is 5.02 Å². The maximum Gasteiger partial charge on any atom is 0.337 e. The van der Waals surface area contributed by atoms with Gasteiger partial charge in [-0.25, -0.2) is 4.79 Å². The minimum atomic E-state index is -1.57. The Bertz CT molecular complexity index is 411. The second kappa shape index (κ2) is 4.16. The first-order valence-electron chi connectivity index (χ1n) is 4.46. The van der Waals surface area contributed by atoms with E-state index in [1.807, 2.05) is 0 Å². The molecule has 0 aromatic heterocycles. The zero-order valence-corrected chi connectivity index (χ0v) is 11.3. The second-order valence-corrected chi connectivity index (χ2v) is 10.2. The molecule has 82 valence electrons. The number of halogens is 2. The molecule has 0 fully saturated rings. The fraction of sp³-hybridized carbons (Fsp3) is 0.300. The molecule has 1 rings (SSSR count). The Morgan fingerprint density at radius 1 is 1.27 bits per heavy atom. The maximum absolute atomic E-state index is 10.9. The minimum absolute atomic E-state index is 0.0848. The average Bonchev–Trinajstić information content (AvgIpc) is 2.06. The number of rotatable bonds is 2. The molecule has 0 aliphatic carbocycles. The van der Waals surface area contributed by atoms with Gasteiger partial charge in [-0.3, -0.25) is 0 Å². The highest BCUT2D eigenvalue weighted by molar-refractivity contribution is 6.88. The molecular formula is C10H12Cl2O2Si. The van der Waals surface area contributed by atoms with Gasteiger partial charge < -0.3 is 5.11 Å². The predicted molar refractivity (Wildman–Crippen MR) is 66.4 cm³/mol. The highest BCUT2D eigenvalue weighted by Crippen LogP contribution is 2.25. The average molecular weight is 263 g/mol. The lowest BCUT2D eigenvalue weighted by molar-refractivity contribution is 0.0697. The van der Waals surface area contributed by atoms with E-state index in [2.05, 4.69) is 19.6 Å². The highest BCUT2D eigenvalue weighted by atomic mass is 35.5. The van der Waals surface area contributed by atoms with Crippen LogP contribution in [-0.2, 0) is 0 Å². The van der Waals surface area contributed by atoms with Crippen LogP contribution in [0.15, 0.2) is 12.1 Å². The Morgan fingerprint density at radius 3 is 2.20 bits per heavy atom. The van der Waals surface area contributed by atoms with E-state index >= 15 is 0 Å². The van der Waals surface area contributed by atoms with Gasteiger partial charge in [-0.1, -0.05) is 48.0 Å². The standard InChI is InChI=1S/C10H12Cl2O2Si/c1-15(2,3)6-4-7(10(13)14)9(12)8(11)5-6/h4-5H,1-3H3,(H,13,14). The third kappa shape index (κ3) is 2.74. The SMILES string of the molecule is C[Si](C)(C)c1cc(Cl)c(Cl)c(C(=O)O)c1. The van der Waals surface area contributed by atoms with E-state index in [4.69, 9.17) is 28.3 Å². The third-order valence-electron chi connectivity index (χ3n) is 2.12. The Balaban J connectivity index is 3.43. The van der Waals surface area contributed by atoms with Gasteiger partial charge in [0.25, 0.3) is 0 Å². The molecule has 0 bridgehead atoms. The van der Waals surface area contributed by atoms with Gasteiger partial charge in [0, 0.05) is 0 Å². The Morgan fingerprint density at radius 2 is 1.80 bits per heavy atom. The van der Waals surface area contributed by atoms with Crippen molar-refractivity contribution in [2.75, 3.05) is 0 Å². The van der Waals surface area contributed by atoms with Crippen molar-refractivity contribution in [2.45, 2.75) is 19.6 Å². The van der Waals surface area contributed by atoms with Crippen molar-refractivity contribution in [3.63, 3.8) is 0 Å². The van der Waals surface area contributed by atoms with Crippen molar-refractivity contribution in [3.8, 4) is 0 Å². The highest BCUT2D eigenvalue weighted by Gasteiger charge is 2.21. The third-order valence-corrected chi connectivity index (χ3v) is 4.95. The van der Waals surface area contributed by atoms with Gasteiger partial charge in [0.1, 0.15) is 0 Å². The molecule has 0 saturated heterocycles. The molecule has 1 aromatic carbocycles. The van der Waals surface area contributed by atoms with Crippen LogP contribution in [0.3, 0.4) is 0 Å². The predicted octanol–water partition coefficient (Wildman–Crippen LogP) is 3.24. The smallest absolute Gasteiger partial charge is 0.337 e. The van der Waals surface area contributed by atoms with Crippen LogP contribution in [0, 0.1) is 0 Å². The Kier molecular flexibility index (Phi) is 3.48. The molecule has 0 aliphatic rings. The van der Waals surface area contributed by atoms with Gasteiger partial charge in [-0.2, -0.15) is 0 Å². The zero-order valence-electron chi connectivity index (χ0n) is 8.77. The molecule has 5 heteroatoms. The molecule has 0 saturated carbocycles. The van der Waals surface area contributed by atoms with Crippen LogP contribution in [-0.4, -0.2) is 19.1 Å². The molecule has 0 radical (unpaired) electrons. The lowest BCUT2D eigenvalue weighted by Crippen LogP contribution is -2.38. The summed E-state index contributed by atoms with van der Waals surface area (Å²) in [5.74, 6) is -1.04. The van der Waals surface area contributed by atoms with Crippen LogP contribution in [0.4, 0.5) is 0 Å². The summed E-state index contributed by atoms with van der Waals surface area (Å²) in [7, 11) is -1.57. The second-order valence-electron chi connectivity index (χ2n) is 4.37. The monoisotopic (exact) mass is 262 g/mol. The van der Waals surface area contributed by atoms with Gasteiger partial charge in [0.2, 0.25) is 0 Å². The van der Waals surface area contributed by atoms with Crippen molar-refractivity contribution in [2.24, 2.45) is 0 Å². The molecule has 0 spiro atoms. The van der Waals surface area contributed by atoms with Gasteiger partial charge in [-0.15, -0.1) is 0 Å². The fourth-order valence-electron chi connectivity index (χ4n) is 1.18. The summed E-state index contributed by atoms with van der Waals surface area (Å²) in [6.07, 6.45) is 0. The van der Waals surface area contributed by atoms with Crippen LogP contribution in [0.5, 0.6) is 0 Å². The quantitative estimate of drug-likeness (QED) is 0.832. The number of hydrogen-bond acceptors (Lipinski definition) is 1. The fourth-order valence-corrected chi connectivity index (χ4v) is 2.83. The summed E-state index contributed by atoms with van der Waals surface area (Å²) in [6, 6.07) is 3.39. The number of benzene rings is 1. The molecule has 0 atom stereocenters. The van der Waals surface area contributed by atoms with Gasteiger partial charge in [-0.05, 0) is 12.1 Å². The van der Waals surface area contributed by atoms with Crippen LogP contribution >= 0.6 is 23.2 Å². The van der Waals surface area contributed by atoms with Crippen LogP contribution in [0.1, 0.15) is 10.4 Å². The first-order chi connectivity index (χ1) is 6.73. The van der Waals surface area contributed by atoms with E-state index in [0.717, 1.165) is 5.19 Å². The summed E-state index contributed by atoms with van der Waals surface area (Å²) >= 11 is 11.7. The number of hydrogen-bond donors (Lipinski definition) is 1. The van der Waals surface area contributed by atoms with E-state index in [9.17, 15) is 4.79 Å². The molecular weight excluding hydrogens is 251 g/mol. The van der Waals surface area contributed by atoms with Crippen molar-refractivity contribution in [1.82, 2.24) is 0 Å². The minimum Gasteiger partial charge on any atom is -0.478 e. The number of aromatic carboxylic acids is 1. The molecule has 0 unspecified atom stereocenters. The Hall–Kier alpha value is -0.513. The maximum atomic E-state index is 10.9. The van der Waals surface area contributed by atoms with Gasteiger partial charge in [0.05, 0.1) is 23.7 Å². The molecule has 0 amide bonds. The number of carboxylic acid groups (broad SMARTS) is 1. The molecule has 15 heavy (non-hydrogen) atoms. The zero-order chi connectivity index (χ0) is 11.8. The lowest BCUT2D eigenvalue weighted by Gasteiger charge is -2.18. The summed E-state index contributed by atoms with van der Waals surface area (Å²) in [4.78, 5) is 10.9. The Labute approximate surface area is 99.8 Å². The number of carboxylic acids is 1. The van der Waals surface area contributed by atoms with Crippen molar-refractivity contribution in [3.05, 3.63) is 27.7 Å². The molecule has 1 aromatic rings. The summed E-state index contributed by atoms with van der Waals surface area (Å²) < 4.78 is 0. The molecule has 0 aliphatic heterocycles. The van der Waals surface area contributed by atoms with Crippen molar-refractivity contribution >= 4 is 42.4 Å². The first kappa shape index (κ1) is 12.6. The number of carbonyl (C=O) groups is 1. The molecule has 1 N–H and O–H groups in total. The molecule has 0 heterocycles. The summed E-state index contributed by atoms with van der Waals surface area (Å²) in [6.45, 7) is 6.37. The van der Waals surface area contributed by atoms with E-state index < -0.39 is 14.0 Å². The van der Waals surface area contributed by atoms with Gasteiger partial charge in [0.15, 0.2) is 0 Å². The largest absolute Gasteiger partial charge is 0.478 e. The van der Waals surface area contributed by atoms with Crippen LogP contribution in [0.2, 0.25) is 29.7 Å². The van der Waals surface area contributed by atoms with Crippen molar-refractivity contribution in [1.29, 1.82) is 0 Å². The normalized spacial score (nSPS) is 11.5. The van der Waals surface area contributed by atoms with E-state index in [1.54, 1.807) is 12.1 Å². The summed E-state index contributed by atoms with van der Waals surface area (Å²) in [5, 5.41) is 10.4. The topological polar surface area (TPSA) is 37.3 Å². The van der Waals surface area contributed by atoms with Crippen molar-refractivity contribution < 1.29 is 9.90 Å². The molecule has 2 nitrogen and oxygen atoms in total. The van der Waals surface area contributed by atoms with Gasteiger partial charge >= 0.3 is 5.97 Å². The van der Waals surface area contributed by atoms with Crippen LogP contribution in [0.25, 0.3) is 0 Å². The first-order valence-corrected chi connectivity index (χ1v) is 8.72. The summed E-state index contributed by atoms with van der Waals surface area (Å²) in [5.41, 5.74) is 0.0848. The van der Waals surface area contributed by atoms with E-state index in [1.165, 1.54) is 0 Å². The van der Waals surface area contributed by atoms with E-state index in [-0.39, 0.29) is 10.6 Å². The lowest BCUT2D eigenvalue weighted by atomic mass is 10.2.